The topological polar surface area (TPSA) is 146 Å². The van der Waals surface area contributed by atoms with E-state index >= 15 is 0 Å². The highest BCUT2D eigenvalue weighted by atomic mass is 16.4. The Hall–Kier alpha value is -7.86. The minimum atomic E-state index is -0.999. The van der Waals surface area contributed by atoms with Crippen molar-refractivity contribution in [1.82, 2.24) is 38.2 Å². The van der Waals surface area contributed by atoms with Crippen molar-refractivity contribution in [2.75, 3.05) is 0 Å². The Morgan fingerprint density at radius 3 is 1.14 bits per heavy atom. The number of aromatic carboxylic acids is 2. The van der Waals surface area contributed by atoms with Gasteiger partial charge in [0, 0.05) is 11.1 Å². The Morgan fingerprint density at radius 1 is 0.431 bits per heavy atom. The molecule has 16 heterocycles. The molecule has 10 aromatic rings. The van der Waals surface area contributed by atoms with Crippen molar-refractivity contribution in [3.05, 3.63) is 144 Å². The lowest BCUT2D eigenvalue weighted by molar-refractivity contribution is 0.0686. The summed E-state index contributed by atoms with van der Waals surface area (Å²) in [5.74, 6) is 0.940. The maximum Gasteiger partial charge on any atom is 0.335 e. The summed E-state index contributed by atoms with van der Waals surface area (Å²) in [5, 5.41) is 19.7. The van der Waals surface area contributed by atoms with Crippen LogP contribution in [0.5, 0.6) is 0 Å². The largest absolute Gasteiger partial charge is 0.478 e. The molecule has 0 aliphatic carbocycles. The number of carboxylic acid groups (broad SMARTS) is 2. The Bertz CT molecular complexity index is 3180. The van der Waals surface area contributed by atoms with Gasteiger partial charge in [-0.25, -0.2) is 29.5 Å². The number of aromatic nitrogens is 8. The molecule has 22 rings (SSSR count). The van der Waals surface area contributed by atoms with Crippen LogP contribution in [0.1, 0.15) is 32.4 Å². The number of rotatable bonds is 4. The van der Waals surface area contributed by atoms with Crippen LogP contribution in [0.25, 0.3) is 89.2 Å². The highest BCUT2D eigenvalue weighted by molar-refractivity contribution is 5.93. The van der Waals surface area contributed by atoms with E-state index in [0.717, 1.165) is 78.0 Å². The molecule has 4 aromatic heterocycles. The van der Waals surface area contributed by atoms with Gasteiger partial charge >= 0.3 is 11.9 Å². The molecule has 2 N–H and O–H groups in total. The zero-order chi connectivity index (χ0) is 39.4. The van der Waals surface area contributed by atoms with E-state index in [1.54, 1.807) is 36.4 Å². The summed E-state index contributed by atoms with van der Waals surface area (Å²) in [5.41, 5.74) is 12.6. The first-order valence-electron chi connectivity index (χ1n) is 18.8. The fourth-order valence-corrected chi connectivity index (χ4v) is 8.43. The molecule has 12 aliphatic heterocycles. The lowest BCUT2D eigenvalue weighted by atomic mass is 10.0. The molecule has 12 aliphatic rings. The maximum atomic E-state index is 12.0. The molecule has 12 nitrogen and oxygen atoms in total. The first kappa shape index (κ1) is 33.5. The molecule has 0 saturated carbocycles. The van der Waals surface area contributed by atoms with E-state index in [0.29, 0.717) is 36.1 Å². The molecule has 12 heteroatoms. The summed E-state index contributed by atoms with van der Waals surface area (Å²) in [6.45, 7) is 4.76. The molecule has 0 unspecified atom stereocenters. The number of nitrogens with zero attached hydrogens (tertiary/aromatic N) is 8. The van der Waals surface area contributed by atoms with Gasteiger partial charge in [-0.15, -0.1) is 0 Å². The molecule has 0 radical (unpaired) electrons. The minimum absolute atomic E-state index is 0.189. The Balaban J connectivity index is 1.16. The quantitative estimate of drug-likeness (QED) is 0.181. The highest BCUT2D eigenvalue weighted by Gasteiger charge is 2.21. The second-order valence-corrected chi connectivity index (χ2v) is 14.8. The second kappa shape index (κ2) is 12.3. The van der Waals surface area contributed by atoms with Gasteiger partial charge in [-0.2, -0.15) is 0 Å². The third-order valence-corrected chi connectivity index (χ3v) is 11.3. The molecule has 58 heavy (non-hydrogen) atoms. The standard InChI is InChI=1S/C46H32N8O4/c1-25-47-35-19-27-9-13-39(35)51(25)23-53-41-15-11-30(22-37(41)49-43(53)31-5-3-7-33(17-31)45(55)56)28-10-14-40-36(20-28)48-26(2)52(40)24-54-42-16-12-29(27)21-38(42)50-44(54)32-6-4-8-34(18-32)46(57)58/h3-22H,23-24H2,1-2H3,(H,55,56)(H,57,58). The van der Waals surface area contributed by atoms with Crippen LogP contribution in [0.2, 0.25) is 0 Å². The van der Waals surface area contributed by atoms with Crippen LogP contribution in [0.3, 0.4) is 0 Å². The van der Waals surface area contributed by atoms with Gasteiger partial charge in [0.2, 0.25) is 0 Å². The predicted molar refractivity (Wildman–Crippen MR) is 222 cm³/mol. The first-order chi connectivity index (χ1) is 28.2. The first-order valence-corrected chi connectivity index (χ1v) is 18.8. The summed E-state index contributed by atoms with van der Waals surface area (Å²) < 4.78 is 8.55. The summed E-state index contributed by atoms with van der Waals surface area (Å²) >= 11 is 0. The van der Waals surface area contributed by atoms with E-state index in [2.05, 4.69) is 91.1 Å². The molecule has 0 spiro atoms. The molecular formula is C46H32N8O4. The number of carboxylic acids is 2. The number of carbonyl (C=O) groups is 2. The Kier molecular flexibility index (Phi) is 7.11. The van der Waals surface area contributed by atoms with E-state index in [-0.39, 0.29) is 11.1 Å². The summed E-state index contributed by atoms with van der Waals surface area (Å²) in [7, 11) is 0. The van der Waals surface area contributed by atoms with Crippen LogP contribution in [-0.2, 0) is 13.3 Å². The molecule has 0 saturated heterocycles. The van der Waals surface area contributed by atoms with Crippen molar-refractivity contribution in [3.8, 4) is 45.0 Å². The molecule has 0 atom stereocenters. The third-order valence-electron chi connectivity index (χ3n) is 11.3. The lowest BCUT2D eigenvalue weighted by Crippen LogP contribution is -2.11. The van der Waals surface area contributed by atoms with Crippen molar-refractivity contribution >= 4 is 56.1 Å². The van der Waals surface area contributed by atoms with Gasteiger partial charge in [-0.3, -0.25) is 0 Å². The van der Waals surface area contributed by atoms with Crippen molar-refractivity contribution < 1.29 is 19.8 Å². The van der Waals surface area contributed by atoms with E-state index in [1.165, 1.54) is 0 Å². The van der Waals surface area contributed by atoms with Crippen molar-refractivity contribution in [2.45, 2.75) is 27.2 Å². The van der Waals surface area contributed by atoms with E-state index in [4.69, 9.17) is 19.9 Å². The Labute approximate surface area is 329 Å². The molecule has 16 bridgehead atoms. The smallest absolute Gasteiger partial charge is 0.335 e. The zero-order valence-electron chi connectivity index (χ0n) is 31.2. The SMILES string of the molecule is Cc1nc2cc3ccc2n1Cn1c(-c2cccc(C(=O)O)c2)nc2cc(ccc21)-c1ccc2c(c1)nc(C)n2Cn1c(-c2cccc(C(=O)O)c2)nc2cc-3ccc21. The van der Waals surface area contributed by atoms with Gasteiger partial charge in [0.15, 0.2) is 0 Å². The van der Waals surface area contributed by atoms with Crippen LogP contribution < -0.4 is 0 Å². The molecule has 280 valence electrons. The fourth-order valence-electron chi connectivity index (χ4n) is 8.43. The van der Waals surface area contributed by atoms with Gasteiger partial charge < -0.3 is 28.5 Å². The van der Waals surface area contributed by atoms with Crippen molar-refractivity contribution in [3.63, 3.8) is 0 Å². The van der Waals surface area contributed by atoms with Crippen LogP contribution in [0, 0.1) is 13.8 Å². The van der Waals surface area contributed by atoms with Gasteiger partial charge in [0.1, 0.15) is 36.6 Å². The number of aryl methyl sites for hydroxylation is 2. The predicted octanol–water partition coefficient (Wildman–Crippen LogP) is 9.09. The number of benzene rings is 6. The zero-order valence-corrected chi connectivity index (χ0v) is 31.2. The average molecular weight is 761 g/mol. The van der Waals surface area contributed by atoms with Crippen LogP contribution in [-0.4, -0.2) is 60.4 Å². The third kappa shape index (κ3) is 5.15. The number of imidazole rings is 4. The summed E-state index contributed by atoms with van der Waals surface area (Å²) in [4.78, 5) is 44.4. The average Bonchev–Trinajstić information content (AvgIpc) is 3.96. The molecule has 0 amide bonds. The Morgan fingerprint density at radius 2 is 0.776 bits per heavy atom. The van der Waals surface area contributed by atoms with E-state index < -0.39 is 11.9 Å². The summed E-state index contributed by atoms with van der Waals surface area (Å²) in [6, 6.07) is 38.8. The summed E-state index contributed by atoms with van der Waals surface area (Å²) in [6.07, 6.45) is 0. The number of hydrogen-bond acceptors (Lipinski definition) is 6. The molecule has 6 aromatic carbocycles. The van der Waals surface area contributed by atoms with E-state index in [9.17, 15) is 19.8 Å². The van der Waals surface area contributed by atoms with Gasteiger partial charge in [0.25, 0.3) is 0 Å². The van der Waals surface area contributed by atoms with Gasteiger partial charge in [-0.05, 0) is 109 Å². The van der Waals surface area contributed by atoms with E-state index in [1.807, 2.05) is 26.0 Å². The highest BCUT2D eigenvalue weighted by Crippen LogP contribution is 2.35. The van der Waals surface area contributed by atoms with Gasteiger partial charge in [0.05, 0.1) is 55.3 Å². The fraction of sp³-hybridized carbons (Fsp3) is 0.0870. The maximum absolute atomic E-state index is 12.0. The molecule has 0 fully saturated rings. The normalized spacial score (nSPS) is 12.4. The molecular weight excluding hydrogens is 729 g/mol. The van der Waals surface area contributed by atoms with Crippen LogP contribution in [0.4, 0.5) is 0 Å². The monoisotopic (exact) mass is 760 g/mol. The van der Waals surface area contributed by atoms with Gasteiger partial charge in [-0.1, -0.05) is 48.5 Å². The van der Waals surface area contributed by atoms with Crippen molar-refractivity contribution in [2.24, 2.45) is 0 Å². The van der Waals surface area contributed by atoms with Crippen LogP contribution >= 0.6 is 0 Å². The second-order valence-electron chi connectivity index (χ2n) is 14.8. The van der Waals surface area contributed by atoms with Crippen LogP contribution in [0.15, 0.2) is 121 Å². The van der Waals surface area contributed by atoms with Crippen molar-refractivity contribution in [1.29, 1.82) is 0 Å². The minimum Gasteiger partial charge on any atom is -0.478 e. The number of hydrogen-bond donors (Lipinski definition) is 2. The lowest BCUT2D eigenvalue weighted by Gasteiger charge is -2.14.